The molecule has 3 rings (SSSR count). The lowest BCUT2D eigenvalue weighted by molar-refractivity contribution is -0.143. The van der Waals surface area contributed by atoms with Gasteiger partial charge in [0.05, 0.1) is 12.6 Å². The van der Waals surface area contributed by atoms with Crippen LogP contribution >= 0.6 is 0 Å². The highest BCUT2D eigenvalue weighted by atomic mass is 16.2. The molecule has 29 heavy (non-hydrogen) atoms. The van der Waals surface area contributed by atoms with Crippen molar-refractivity contribution < 1.29 is 9.59 Å². The number of hydrogen-bond donors (Lipinski definition) is 0. The third-order valence-electron chi connectivity index (χ3n) is 5.33. The van der Waals surface area contributed by atoms with Gasteiger partial charge in [-0.2, -0.15) is 0 Å². The van der Waals surface area contributed by atoms with E-state index in [1.54, 1.807) is 4.90 Å². The van der Waals surface area contributed by atoms with E-state index in [0.717, 1.165) is 24.2 Å². The number of amides is 2. The molecule has 5 nitrogen and oxygen atoms in total. The molecule has 2 amide bonds. The Morgan fingerprint density at radius 1 is 1.07 bits per heavy atom. The van der Waals surface area contributed by atoms with Gasteiger partial charge < -0.3 is 14.4 Å². The first-order valence-electron chi connectivity index (χ1n) is 10.6. The zero-order valence-corrected chi connectivity index (χ0v) is 18.1. The van der Waals surface area contributed by atoms with E-state index in [-0.39, 0.29) is 29.8 Å². The van der Waals surface area contributed by atoms with Crippen LogP contribution in [-0.4, -0.2) is 45.8 Å². The summed E-state index contributed by atoms with van der Waals surface area (Å²) in [7, 11) is 0. The summed E-state index contributed by atoms with van der Waals surface area (Å²) in [4.78, 5) is 29.9. The summed E-state index contributed by atoms with van der Waals surface area (Å²) in [6.45, 7) is 10.4. The second kappa shape index (κ2) is 8.85. The minimum absolute atomic E-state index is 0.0158. The number of aromatic nitrogens is 1. The van der Waals surface area contributed by atoms with Gasteiger partial charge in [-0.3, -0.25) is 9.59 Å². The molecule has 0 radical (unpaired) electrons. The number of hydrogen-bond acceptors (Lipinski definition) is 2. The van der Waals surface area contributed by atoms with Crippen LogP contribution < -0.4 is 0 Å². The van der Waals surface area contributed by atoms with Gasteiger partial charge in [0.15, 0.2) is 0 Å². The molecule has 1 aliphatic heterocycles. The van der Waals surface area contributed by atoms with E-state index < -0.39 is 0 Å². The average Bonchev–Trinajstić information content (AvgIpc) is 3.15. The number of benzene rings is 1. The zero-order chi connectivity index (χ0) is 21.0. The van der Waals surface area contributed by atoms with Gasteiger partial charge in [0.1, 0.15) is 0 Å². The Labute approximate surface area is 174 Å². The minimum Gasteiger partial charge on any atom is -0.348 e. The average molecular weight is 396 g/mol. The molecule has 156 valence electrons. The van der Waals surface area contributed by atoms with Crippen LogP contribution in [0.25, 0.3) is 0 Å². The Kier molecular flexibility index (Phi) is 6.46. The molecular weight excluding hydrogens is 362 g/mol. The monoisotopic (exact) mass is 395 g/mol. The van der Waals surface area contributed by atoms with E-state index in [4.69, 9.17) is 0 Å². The van der Waals surface area contributed by atoms with Crippen LogP contribution in [0.1, 0.15) is 57.8 Å². The fourth-order valence-corrected chi connectivity index (χ4v) is 4.02. The van der Waals surface area contributed by atoms with Crippen LogP contribution in [-0.2, 0) is 16.1 Å². The predicted molar refractivity (Wildman–Crippen MR) is 115 cm³/mol. The van der Waals surface area contributed by atoms with Crippen molar-refractivity contribution in [3.63, 3.8) is 0 Å². The van der Waals surface area contributed by atoms with Crippen molar-refractivity contribution in [1.82, 2.24) is 14.4 Å². The Hall–Kier alpha value is -2.56. The van der Waals surface area contributed by atoms with E-state index >= 15 is 0 Å². The molecule has 5 heteroatoms. The fourth-order valence-electron chi connectivity index (χ4n) is 4.02. The van der Waals surface area contributed by atoms with Crippen molar-refractivity contribution in [3.8, 4) is 0 Å². The maximum absolute atomic E-state index is 13.4. The first kappa shape index (κ1) is 21.2. The first-order valence-corrected chi connectivity index (χ1v) is 10.6. The number of nitrogens with zero attached hydrogens (tertiary/aromatic N) is 3. The van der Waals surface area contributed by atoms with Gasteiger partial charge in [-0.25, -0.2) is 0 Å². The Balaban J connectivity index is 1.83. The summed E-state index contributed by atoms with van der Waals surface area (Å²) in [5, 5.41) is 0. The normalized spacial score (nSPS) is 16.4. The van der Waals surface area contributed by atoms with Crippen molar-refractivity contribution >= 4 is 11.8 Å². The lowest BCUT2D eigenvalue weighted by atomic mass is 9.91. The van der Waals surface area contributed by atoms with Crippen LogP contribution in [0.5, 0.6) is 0 Å². The second-order valence-corrected chi connectivity index (χ2v) is 9.08. The molecule has 2 aromatic rings. The van der Waals surface area contributed by atoms with Gasteiger partial charge in [0.2, 0.25) is 11.8 Å². The van der Waals surface area contributed by atoms with Gasteiger partial charge >= 0.3 is 0 Å². The zero-order valence-electron chi connectivity index (χ0n) is 18.1. The lowest BCUT2D eigenvalue weighted by Gasteiger charge is -2.38. The van der Waals surface area contributed by atoms with Gasteiger partial charge in [-0.05, 0) is 29.5 Å². The number of carbonyl (C=O) groups is 2. The van der Waals surface area contributed by atoms with E-state index in [9.17, 15) is 9.59 Å². The quantitative estimate of drug-likeness (QED) is 0.739. The molecule has 0 spiro atoms. The molecule has 0 saturated heterocycles. The van der Waals surface area contributed by atoms with Crippen LogP contribution in [0, 0.1) is 5.41 Å². The smallest absolute Gasteiger partial charge is 0.243 e. The van der Waals surface area contributed by atoms with Gasteiger partial charge in [-0.1, -0.05) is 58.0 Å². The number of carbonyl (C=O) groups excluding carboxylic acids is 2. The van der Waals surface area contributed by atoms with Crippen molar-refractivity contribution in [2.45, 2.75) is 53.1 Å². The Morgan fingerprint density at radius 2 is 1.79 bits per heavy atom. The largest absolute Gasteiger partial charge is 0.348 e. The van der Waals surface area contributed by atoms with E-state index in [0.29, 0.717) is 19.5 Å². The molecular formula is C24H33N3O2. The second-order valence-electron chi connectivity index (χ2n) is 9.08. The van der Waals surface area contributed by atoms with E-state index in [2.05, 4.69) is 49.7 Å². The Morgan fingerprint density at radius 3 is 2.45 bits per heavy atom. The highest BCUT2D eigenvalue weighted by Gasteiger charge is 2.33. The first-order chi connectivity index (χ1) is 13.8. The SMILES string of the molecule is CCCN(CC(=O)N1CCn2cccc2C1c1ccccc1)C(=O)CC(C)(C)C. The summed E-state index contributed by atoms with van der Waals surface area (Å²) in [5.41, 5.74) is 2.13. The maximum atomic E-state index is 13.4. The lowest BCUT2D eigenvalue weighted by Crippen LogP contribution is -2.48. The van der Waals surface area contributed by atoms with Gasteiger partial charge in [0, 0.05) is 37.9 Å². The standard InChI is InChI=1S/C24H33N3O2/c1-5-13-26(21(28)17-24(2,3)4)18-22(29)27-16-15-25-14-9-12-20(25)23(27)19-10-7-6-8-11-19/h6-12,14,23H,5,13,15-18H2,1-4H3. The van der Waals surface area contributed by atoms with Gasteiger partial charge in [0.25, 0.3) is 0 Å². The molecule has 0 N–H and O–H groups in total. The highest BCUT2D eigenvalue weighted by Crippen LogP contribution is 2.32. The molecule has 1 aromatic heterocycles. The van der Waals surface area contributed by atoms with Crippen LogP contribution in [0.2, 0.25) is 0 Å². The van der Waals surface area contributed by atoms with Crippen molar-refractivity contribution in [3.05, 3.63) is 59.9 Å². The molecule has 1 aromatic carbocycles. The molecule has 0 saturated carbocycles. The van der Waals surface area contributed by atoms with E-state index in [1.807, 2.05) is 36.1 Å². The summed E-state index contributed by atoms with van der Waals surface area (Å²) in [6.07, 6.45) is 3.36. The van der Waals surface area contributed by atoms with Gasteiger partial charge in [-0.15, -0.1) is 0 Å². The summed E-state index contributed by atoms with van der Waals surface area (Å²) in [6, 6.07) is 14.2. The fraction of sp³-hybridized carbons (Fsp3) is 0.500. The maximum Gasteiger partial charge on any atom is 0.243 e. The van der Waals surface area contributed by atoms with Crippen LogP contribution in [0.3, 0.4) is 0 Å². The third-order valence-corrected chi connectivity index (χ3v) is 5.33. The molecule has 0 bridgehead atoms. The summed E-state index contributed by atoms with van der Waals surface area (Å²) >= 11 is 0. The summed E-state index contributed by atoms with van der Waals surface area (Å²) in [5.74, 6) is 0.0753. The molecule has 0 aliphatic carbocycles. The third kappa shape index (κ3) is 5.08. The van der Waals surface area contributed by atoms with Crippen molar-refractivity contribution in [2.24, 2.45) is 5.41 Å². The number of fused-ring (bicyclic) bond motifs is 1. The van der Waals surface area contributed by atoms with Crippen LogP contribution in [0.4, 0.5) is 0 Å². The Bertz CT molecular complexity index is 835. The van der Waals surface area contributed by atoms with E-state index in [1.165, 1.54) is 0 Å². The molecule has 0 fully saturated rings. The summed E-state index contributed by atoms with van der Waals surface area (Å²) < 4.78 is 2.22. The minimum atomic E-state index is -0.117. The molecule has 1 aliphatic rings. The predicted octanol–water partition coefficient (Wildman–Crippen LogP) is 4.09. The molecule has 1 atom stereocenters. The highest BCUT2D eigenvalue weighted by molar-refractivity contribution is 5.85. The topological polar surface area (TPSA) is 45.6 Å². The van der Waals surface area contributed by atoms with Crippen molar-refractivity contribution in [2.75, 3.05) is 19.6 Å². The molecule has 1 unspecified atom stereocenters. The van der Waals surface area contributed by atoms with Crippen molar-refractivity contribution in [1.29, 1.82) is 0 Å². The van der Waals surface area contributed by atoms with Crippen LogP contribution in [0.15, 0.2) is 48.7 Å². The molecule has 2 heterocycles. The number of rotatable bonds is 6.